The van der Waals surface area contributed by atoms with Crippen LogP contribution in [0.1, 0.15) is 76.7 Å². The number of piperidine rings is 1. The summed E-state index contributed by atoms with van der Waals surface area (Å²) in [6, 6.07) is 18.8. The molecule has 0 bridgehead atoms. The van der Waals surface area contributed by atoms with E-state index in [4.69, 9.17) is 0 Å². The van der Waals surface area contributed by atoms with Crippen LogP contribution in [-0.2, 0) is 16.1 Å². The zero-order chi connectivity index (χ0) is 27.2. The molecule has 0 aromatic heterocycles. The summed E-state index contributed by atoms with van der Waals surface area (Å²) in [6.45, 7) is 5.36. The number of piperazine rings is 1. The molecule has 2 heterocycles. The monoisotopic (exact) mass is 602 g/mol. The van der Waals surface area contributed by atoms with Gasteiger partial charge in [0.05, 0.1) is 0 Å². The number of anilines is 2. The van der Waals surface area contributed by atoms with Crippen LogP contribution in [0.5, 0.6) is 0 Å². The normalized spacial score (nSPS) is 21.1. The number of likely N-dealkylation sites (tertiary alicyclic amines) is 1. The molecule has 2 saturated heterocycles. The third-order valence-corrected chi connectivity index (χ3v) is 9.39. The molecule has 3 aliphatic rings. The number of nitrogens with zero attached hydrogens (tertiary/aromatic N) is 3. The number of carbonyl (C=O) groups excluding carboxylic acids is 2. The molecule has 5 rings (SSSR count). The van der Waals surface area contributed by atoms with E-state index in [-0.39, 0.29) is 42.7 Å². The minimum Gasteiger partial charge on any atom is -0.345 e. The Balaban J connectivity index is 0.00000231. The molecule has 41 heavy (non-hydrogen) atoms. The molecule has 6 nitrogen and oxygen atoms in total. The van der Waals surface area contributed by atoms with E-state index in [0.29, 0.717) is 25.3 Å². The molecule has 1 N–H and O–H groups in total. The van der Waals surface area contributed by atoms with Gasteiger partial charge in [-0.25, -0.2) is 0 Å². The fourth-order valence-electron chi connectivity index (χ4n) is 6.89. The molecular weight excluding hydrogens is 555 g/mol. The standard InChI is InChI=1S/C33H46N4O2.2ClH/c1-3-4-21-37-31(38)30(24-26-11-7-5-8-12-26)34-32(39)33(37)19-22-36(23-20-33)25-27-15-17-29(18-16-27)35(2)28-13-9-6-10-14-28;;/h6,9-10,13-18,26,30H,3-5,7-8,11-12,19-25H2,1-2H3,(H,34,39);2*1H. The number of amides is 2. The van der Waals surface area contributed by atoms with Gasteiger partial charge in [-0.05, 0) is 61.4 Å². The number of rotatable bonds is 9. The van der Waals surface area contributed by atoms with E-state index in [0.717, 1.165) is 44.6 Å². The summed E-state index contributed by atoms with van der Waals surface area (Å²) in [5.41, 5.74) is 2.92. The minimum absolute atomic E-state index is 0. The minimum atomic E-state index is -0.686. The molecule has 1 saturated carbocycles. The predicted octanol–water partition coefficient (Wildman–Crippen LogP) is 6.73. The Bertz CT molecular complexity index is 1100. The van der Waals surface area contributed by atoms with E-state index in [2.05, 4.69) is 77.6 Å². The van der Waals surface area contributed by atoms with Gasteiger partial charge in [-0.15, -0.1) is 24.8 Å². The molecule has 0 radical (unpaired) electrons. The summed E-state index contributed by atoms with van der Waals surface area (Å²) < 4.78 is 0. The number of para-hydroxylation sites is 1. The van der Waals surface area contributed by atoms with Crippen molar-refractivity contribution in [3.63, 3.8) is 0 Å². The van der Waals surface area contributed by atoms with Crippen LogP contribution in [0, 0.1) is 5.92 Å². The fraction of sp³-hybridized carbons (Fsp3) is 0.576. The largest absolute Gasteiger partial charge is 0.345 e. The highest BCUT2D eigenvalue weighted by Crippen LogP contribution is 2.36. The van der Waals surface area contributed by atoms with Crippen molar-refractivity contribution in [2.24, 2.45) is 5.92 Å². The second kappa shape index (κ2) is 15.3. The highest BCUT2D eigenvalue weighted by Gasteiger charge is 2.53. The Hall–Kier alpha value is -2.28. The van der Waals surface area contributed by atoms with Crippen molar-refractivity contribution in [3.8, 4) is 0 Å². The summed E-state index contributed by atoms with van der Waals surface area (Å²) >= 11 is 0. The molecule has 1 aliphatic carbocycles. The number of halogens is 2. The smallest absolute Gasteiger partial charge is 0.246 e. The van der Waals surface area contributed by atoms with Crippen LogP contribution in [0.2, 0.25) is 0 Å². The Labute approximate surface area is 259 Å². The predicted molar refractivity (Wildman–Crippen MR) is 172 cm³/mol. The van der Waals surface area contributed by atoms with Crippen LogP contribution in [0.4, 0.5) is 11.4 Å². The second-order valence-electron chi connectivity index (χ2n) is 12.0. The zero-order valence-electron chi connectivity index (χ0n) is 24.7. The summed E-state index contributed by atoms with van der Waals surface area (Å²) in [7, 11) is 2.09. The van der Waals surface area contributed by atoms with Gasteiger partial charge in [0.25, 0.3) is 0 Å². The Kier molecular flexibility index (Phi) is 12.4. The van der Waals surface area contributed by atoms with Crippen LogP contribution >= 0.6 is 24.8 Å². The lowest BCUT2D eigenvalue weighted by atomic mass is 9.79. The third-order valence-electron chi connectivity index (χ3n) is 9.39. The lowest BCUT2D eigenvalue weighted by Crippen LogP contribution is -2.73. The van der Waals surface area contributed by atoms with Crippen molar-refractivity contribution in [2.75, 3.05) is 31.6 Å². The van der Waals surface area contributed by atoms with E-state index < -0.39 is 5.54 Å². The fourth-order valence-corrected chi connectivity index (χ4v) is 6.89. The van der Waals surface area contributed by atoms with Crippen LogP contribution in [0.15, 0.2) is 54.6 Å². The molecule has 1 spiro atoms. The van der Waals surface area contributed by atoms with E-state index in [9.17, 15) is 9.59 Å². The number of carbonyl (C=O) groups is 2. The third kappa shape index (κ3) is 7.57. The molecule has 2 aliphatic heterocycles. The topological polar surface area (TPSA) is 55.9 Å². The summed E-state index contributed by atoms with van der Waals surface area (Å²) in [5.74, 6) is 0.822. The molecular formula is C33H48Cl2N4O2. The van der Waals surface area contributed by atoms with Crippen LogP contribution in [0.25, 0.3) is 0 Å². The number of unbranched alkanes of at least 4 members (excludes halogenated alkanes) is 1. The number of hydrogen-bond donors (Lipinski definition) is 1. The first kappa shape index (κ1) is 33.2. The van der Waals surface area contributed by atoms with Gasteiger partial charge in [0, 0.05) is 44.6 Å². The van der Waals surface area contributed by atoms with E-state index >= 15 is 0 Å². The van der Waals surface area contributed by atoms with Crippen molar-refractivity contribution in [1.29, 1.82) is 0 Å². The van der Waals surface area contributed by atoms with Gasteiger partial charge in [0.15, 0.2) is 0 Å². The van der Waals surface area contributed by atoms with Crippen molar-refractivity contribution < 1.29 is 9.59 Å². The molecule has 226 valence electrons. The lowest BCUT2D eigenvalue weighted by molar-refractivity contribution is -0.162. The Morgan fingerprint density at radius 3 is 2.17 bits per heavy atom. The van der Waals surface area contributed by atoms with Crippen molar-refractivity contribution in [3.05, 3.63) is 60.2 Å². The van der Waals surface area contributed by atoms with Crippen LogP contribution in [-0.4, -0.2) is 59.9 Å². The average molecular weight is 604 g/mol. The molecule has 3 fully saturated rings. The van der Waals surface area contributed by atoms with E-state index in [1.165, 1.54) is 43.4 Å². The molecule has 2 amide bonds. The quantitative estimate of drug-likeness (QED) is 0.346. The maximum Gasteiger partial charge on any atom is 0.246 e. The first-order valence-corrected chi connectivity index (χ1v) is 15.2. The van der Waals surface area contributed by atoms with Gasteiger partial charge in [-0.3, -0.25) is 14.5 Å². The lowest BCUT2D eigenvalue weighted by Gasteiger charge is -2.52. The summed E-state index contributed by atoms with van der Waals surface area (Å²) in [5, 5.41) is 3.22. The van der Waals surface area contributed by atoms with Gasteiger partial charge in [0.2, 0.25) is 11.8 Å². The van der Waals surface area contributed by atoms with Crippen LogP contribution < -0.4 is 10.2 Å². The van der Waals surface area contributed by atoms with Gasteiger partial charge in [-0.1, -0.05) is 75.8 Å². The van der Waals surface area contributed by atoms with Crippen molar-refractivity contribution >= 4 is 48.0 Å². The number of hydrogen-bond acceptors (Lipinski definition) is 4. The second-order valence-corrected chi connectivity index (χ2v) is 12.0. The first-order chi connectivity index (χ1) is 19.0. The summed E-state index contributed by atoms with van der Waals surface area (Å²) in [4.78, 5) is 34.1. The SMILES string of the molecule is CCCCN1C(=O)C(CC2CCCCC2)NC(=O)C12CCN(Cc1ccc(N(C)c3ccccc3)cc1)CC2.Cl.Cl. The molecule has 2 aromatic carbocycles. The highest BCUT2D eigenvalue weighted by molar-refractivity contribution is 6.00. The highest BCUT2D eigenvalue weighted by atomic mass is 35.5. The maximum absolute atomic E-state index is 13.8. The first-order valence-electron chi connectivity index (χ1n) is 15.2. The number of nitrogens with one attached hydrogen (secondary N) is 1. The van der Waals surface area contributed by atoms with E-state index in [1.807, 2.05) is 11.0 Å². The van der Waals surface area contributed by atoms with Gasteiger partial charge >= 0.3 is 0 Å². The van der Waals surface area contributed by atoms with Crippen molar-refractivity contribution in [1.82, 2.24) is 15.1 Å². The Morgan fingerprint density at radius 1 is 0.902 bits per heavy atom. The number of benzene rings is 2. The summed E-state index contributed by atoms with van der Waals surface area (Å²) in [6.07, 6.45) is 10.4. The average Bonchev–Trinajstić information content (AvgIpc) is 2.98. The van der Waals surface area contributed by atoms with E-state index in [1.54, 1.807) is 0 Å². The van der Waals surface area contributed by atoms with Crippen molar-refractivity contribution in [2.45, 2.75) is 89.3 Å². The maximum atomic E-state index is 13.8. The van der Waals surface area contributed by atoms with Gasteiger partial charge in [-0.2, -0.15) is 0 Å². The molecule has 2 aromatic rings. The zero-order valence-corrected chi connectivity index (χ0v) is 26.4. The van der Waals surface area contributed by atoms with Gasteiger partial charge < -0.3 is 15.1 Å². The van der Waals surface area contributed by atoms with Gasteiger partial charge in [0.1, 0.15) is 11.6 Å². The molecule has 8 heteroatoms. The van der Waals surface area contributed by atoms with Crippen LogP contribution in [0.3, 0.4) is 0 Å². The Morgan fingerprint density at radius 2 is 1.54 bits per heavy atom. The molecule has 1 atom stereocenters. The molecule has 1 unspecified atom stereocenters.